The maximum absolute atomic E-state index is 13.2. The van der Waals surface area contributed by atoms with Gasteiger partial charge in [-0.25, -0.2) is 12.8 Å². The highest BCUT2D eigenvalue weighted by Gasteiger charge is 2.27. The van der Waals surface area contributed by atoms with Gasteiger partial charge < -0.3 is 9.73 Å². The van der Waals surface area contributed by atoms with Gasteiger partial charge in [0, 0.05) is 25.0 Å². The van der Waals surface area contributed by atoms with Gasteiger partial charge in [0.05, 0.1) is 4.90 Å². The van der Waals surface area contributed by atoms with E-state index in [4.69, 9.17) is 4.42 Å². The quantitative estimate of drug-likeness (QED) is 0.448. The molecule has 31 heavy (non-hydrogen) atoms. The van der Waals surface area contributed by atoms with Crippen molar-refractivity contribution in [3.63, 3.8) is 0 Å². The second-order valence-electron chi connectivity index (χ2n) is 6.60. The fraction of sp³-hybridized carbons (Fsp3) is 0.0435. The highest BCUT2D eigenvalue weighted by atomic mass is 32.2. The molecule has 2 aromatic carbocycles. The number of halogens is 1. The molecule has 0 fully saturated rings. The first-order valence-corrected chi connectivity index (χ1v) is 10.9. The molecule has 0 atom stereocenters. The molecular weight excluding hydrogens is 417 g/mol. The number of rotatable bonds is 7. The summed E-state index contributed by atoms with van der Waals surface area (Å²) in [5.74, 6) is -0.203. The van der Waals surface area contributed by atoms with Crippen LogP contribution in [-0.2, 0) is 16.4 Å². The fourth-order valence-corrected chi connectivity index (χ4v) is 4.13. The van der Waals surface area contributed by atoms with E-state index in [9.17, 15) is 12.8 Å². The van der Waals surface area contributed by atoms with E-state index in [2.05, 4.69) is 15.3 Å². The average molecular weight is 435 g/mol. The van der Waals surface area contributed by atoms with Gasteiger partial charge >= 0.3 is 0 Å². The molecule has 8 heteroatoms. The van der Waals surface area contributed by atoms with E-state index in [-0.39, 0.29) is 27.5 Å². The van der Waals surface area contributed by atoms with Crippen molar-refractivity contribution in [1.29, 1.82) is 0 Å². The maximum atomic E-state index is 13.2. The van der Waals surface area contributed by atoms with Crippen LogP contribution in [0.4, 0.5) is 10.3 Å². The Morgan fingerprint density at radius 3 is 2.45 bits per heavy atom. The van der Waals surface area contributed by atoms with Crippen molar-refractivity contribution >= 4 is 27.9 Å². The van der Waals surface area contributed by atoms with Gasteiger partial charge in [-0.15, -0.1) is 0 Å². The fourth-order valence-electron chi connectivity index (χ4n) is 2.82. The lowest BCUT2D eigenvalue weighted by molar-refractivity contribution is 0.554. The number of benzene rings is 2. The molecule has 2 heterocycles. The van der Waals surface area contributed by atoms with Crippen LogP contribution in [0.1, 0.15) is 17.0 Å². The Hall–Kier alpha value is -3.78. The lowest BCUT2D eigenvalue weighted by Crippen LogP contribution is -2.07. The van der Waals surface area contributed by atoms with Crippen LogP contribution in [0.25, 0.3) is 12.2 Å². The van der Waals surface area contributed by atoms with Gasteiger partial charge in [0.15, 0.2) is 0 Å². The number of oxazole rings is 1. The summed E-state index contributed by atoms with van der Waals surface area (Å²) >= 11 is 0. The van der Waals surface area contributed by atoms with Crippen LogP contribution in [0.15, 0.2) is 93.5 Å². The monoisotopic (exact) mass is 435 g/mol. The Bertz CT molecular complexity index is 1290. The molecule has 0 amide bonds. The number of nitrogens with one attached hydrogen (secondary N) is 1. The minimum Gasteiger partial charge on any atom is -0.420 e. The van der Waals surface area contributed by atoms with Crippen molar-refractivity contribution in [2.24, 2.45) is 0 Å². The molecule has 1 N–H and O–H groups in total. The Morgan fingerprint density at radius 2 is 1.74 bits per heavy atom. The molecule has 2 aromatic heterocycles. The number of nitrogens with zero attached hydrogens (tertiary/aromatic N) is 2. The summed E-state index contributed by atoms with van der Waals surface area (Å²) in [6.45, 7) is 0.307. The molecular formula is C23H18FN3O3S. The summed E-state index contributed by atoms with van der Waals surface area (Å²) in [6, 6.07) is 17.5. The molecule has 4 aromatic rings. The summed E-state index contributed by atoms with van der Waals surface area (Å²) in [6.07, 6.45) is 6.52. The summed E-state index contributed by atoms with van der Waals surface area (Å²) in [5, 5.41) is 2.79. The van der Waals surface area contributed by atoms with E-state index in [1.807, 2.05) is 6.07 Å². The highest BCUT2D eigenvalue weighted by Crippen LogP contribution is 2.29. The smallest absolute Gasteiger partial charge is 0.234 e. The predicted molar refractivity (Wildman–Crippen MR) is 115 cm³/mol. The third-order valence-corrected chi connectivity index (χ3v) is 6.06. The summed E-state index contributed by atoms with van der Waals surface area (Å²) in [4.78, 5) is 8.37. The molecule has 0 saturated heterocycles. The molecule has 4 rings (SSSR count). The molecule has 0 aliphatic carbocycles. The number of hydrogen-bond donors (Lipinski definition) is 1. The van der Waals surface area contributed by atoms with E-state index in [1.54, 1.807) is 54.9 Å². The standard InChI is InChI=1S/C23H18FN3O3S/c24-19-11-8-17(9-12-19)10-13-21-27-23(31(28,29)20-6-2-1-3-7-20)22(30-21)26-16-18-5-4-14-25-15-18/h1-15,26H,16H2/b13-10+. The van der Waals surface area contributed by atoms with Gasteiger partial charge in [0.1, 0.15) is 5.82 Å². The summed E-state index contributed by atoms with van der Waals surface area (Å²) in [5.41, 5.74) is 1.57. The van der Waals surface area contributed by atoms with Crippen LogP contribution in [0.2, 0.25) is 0 Å². The van der Waals surface area contributed by atoms with E-state index < -0.39 is 9.84 Å². The van der Waals surface area contributed by atoms with Crippen molar-refractivity contribution in [1.82, 2.24) is 9.97 Å². The number of aromatic nitrogens is 2. The topological polar surface area (TPSA) is 85.1 Å². The lowest BCUT2D eigenvalue weighted by atomic mass is 10.2. The van der Waals surface area contributed by atoms with Crippen LogP contribution in [0, 0.1) is 5.82 Å². The number of hydrogen-bond acceptors (Lipinski definition) is 6. The normalized spacial score (nSPS) is 11.6. The first kappa shape index (κ1) is 20.5. The van der Waals surface area contributed by atoms with Crippen molar-refractivity contribution in [2.75, 3.05) is 5.32 Å². The van der Waals surface area contributed by atoms with Gasteiger partial charge in [-0.05, 0) is 47.5 Å². The van der Waals surface area contributed by atoms with E-state index >= 15 is 0 Å². The van der Waals surface area contributed by atoms with Crippen LogP contribution < -0.4 is 5.32 Å². The second-order valence-corrected chi connectivity index (χ2v) is 8.47. The molecule has 0 spiro atoms. The Kier molecular flexibility index (Phi) is 5.90. The van der Waals surface area contributed by atoms with Gasteiger partial charge in [0.2, 0.25) is 26.6 Å². The van der Waals surface area contributed by atoms with Crippen LogP contribution in [-0.4, -0.2) is 18.4 Å². The van der Waals surface area contributed by atoms with Gasteiger partial charge in [-0.2, -0.15) is 4.98 Å². The Morgan fingerprint density at radius 1 is 0.968 bits per heavy atom. The Balaban J connectivity index is 1.68. The third-order valence-electron chi connectivity index (χ3n) is 4.38. The second kappa shape index (κ2) is 8.93. The first-order chi connectivity index (χ1) is 15.0. The van der Waals surface area contributed by atoms with Crippen LogP contribution in [0.3, 0.4) is 0 Å². The van der Waals surface area contributed by atoms with E-state index in [1.165, 1.54) is 30.3 Å². The maximum Gasteiger partial charge on any atom is 0.234 e. The molecule has 0 saturated carbocycles. The van der Waals surface area contributed by atoms with Gasteiger partial charge in [-0.3, -0.25) is 4.98 Å². The minimum absolute atomic E-state index is 0.0338. The van der Waals surface area contributed by atoms with Crippen LogP contribution >= 0.6 is 0 Å². The Labute approximate surface area is 179 Å². The first-order valence-electron chi connectivity index (χ1n) is 9.40. The van der Waals surface area contributed by atoms with Crippen molar-refractivity contribution < 1.29 is 17.2 Å². The molecule has 6 nitrogen and oxygen atoms in total. The van der Waals surface area contributed by atoms with Crippen molar-refractivity contribution in [3.8, 4) is 0 Å². The van der Waals surface area contributed by atoms with Crippen molar-refractivity contribution in [2.45, 2.75) is 16.5 Å². The predicted octanol–water partition coefficient (Wildman–Crippen LogP) is 4.82. The molecule has 0 radical (unpaired) electrons. The molecule has 0 unspecified atom stereocenters. The average Bonchev–Trinajstić information content (AvgIpc) is 3.23. The largest absolute Gasteiger partial charge is 0.420 e. The molecule has 0 bridgehead atoms. The number of anilines is 1. The van der Waals surface area contributed by atoms with Gasteiger partial charge in [0.25, 0.3) is 0 Å². The summed E-state index contributed by atoms with van der Waals surface area (Å²) < 4.78 is 45.1. The summed E-state index contributed by atoms with van der Waals surface area (Å²) in [7, 11) is -3.91. The zero-order valence-electron chi connectivity index (χ0n) is 16.3. The number of pyridine rings is 1. The zero-order valence-corrected chi connectivity index (χ0v) is 17.1. The van der Waals surface area contributed by atoms with Crippen molar-refractivity contribution in [3.05, 3.63) is 102 Å². The molecule has 156 valence electrons. The zero-order chi connectivity index (χ0) is 21.7. The molecule has 0 aliphatic heterocycles. The SMILES string of the molecule is O=S(=O)(c1ccccc1)c1nc(/C=C/c2ccc(F)cc2)oc1NCc1cccnc1. The third kappa shape index (κ3) is 4.87. The van der Waals surface area contributed by atoms with Crippen LogP contribution in [0.5, 0.6) is 0 Å². The lowest BCUT2D eigenvalue weighted by Gasteiger charge is -2.06. The highest BCUT2D eigenvalue weighted by molar-refractivity contribution is 7.91. The van der Waals surface area contributed by atoms with E-state index in [0.717, 1.165) is 11.1 Å². The number of sulfone groups is 1. The minimum atomic E-state index is -3.91. The van der Waals surface area contributed by atoms with E-state index in [0.29, 0.717) is 6.54 Å². The molecule has 0 aliphatic rings. The van der Waals surface area contributed by atoms with Gasteiger partial charge in [-0.1, -0.05) is 36.4 Å².